The van der Waals surface area contributed by atoms with Crippen molar-refractivity contribution < 1.29 is 24.5 Å². The molecule has 2 unspecified atom stereocenters. The van der Waals surface area contributed by atoms with Gasteiger partial charge in [0.2, 0.25) is 5.91 Å². The molecule has 0 saturated heterocycles. The van der Waals surface area contributed by atoms with E-state index in [-0.39, 0.29) is 18.5 Å². The molecular formula is C76H151NO5. The fourth-order valence-electron chi connectivity index (χ4n) is 12.6. The molecule has 0 saturated carbocycles. The van der Waals surface area contributed by atoms with E-state index < -0.39 is 12.1 Å². The lowest BCUT2D eigenvalue weighted by atomic mass is 10.0. The van der Waals surface area contributed by atoms with Gasteiger partial charge in [0.05, 0.1) is 25.4 Å². The number of carbonyl (C=O) groups is 2. The summed E-state index contributed by atoms with van der Waals surface area (Å²) in [7, 11) is 0. The third-order valence-corrected chi connectivity index (χ3v) is 18.4. The van der Waals surface area contributed by atoms with E-state index in [1.807, 2.05) is 0 Å². The summed E-state index contributed by atoms with van der Waals surface area (Å²) in [5.41, 5.74) is 0. The van der Waals surface area contributed by atoms with E-state index in [9.17, 15) is 19.8 Å². The highest BCUT2D eigenvalue weighted by atomic mass is 16.5. The zero-order chi connectivity index (χ0) is 59.2. The summed E-state index contributed by atoms with van der Waals surface area (Å²) in [4.78, 5) is 24.6. The van der Waals surface area contributed by atoms with Gasteiger partial charge in [0.25, 0.3) is 0 Å². The van der Waals surface area contributed by atoms with Gasteiger partial charge in [-0.15, -0.1) is 0 Å². The number of rotatable bonds is 73. The van der Waals surface area contributed by atoms with Gasteiger partial charge < -0.3 is 20.3 Å². The van der Waals surface area contributed by atoms with Gasteiger partial charge >= 0.3 is 5.97 Å². The number of aliphatic hydroxyl groups is 2. The van der Waals surface area contributed by atoms with E-state index >= 15 is 0 Å². The Hall–Kier alpha value is -1.14. The van der Waals surface area contributed by atoms with Crippen molar-refractivity contribution in [3.05, 3.63) is 0 Å². The van der Waals surface area contributed by atoms with Crippen LogP contribution in [0.1, 0.15) is 450 Å². The standard InChI is InChI=1S/C76H151NO5/c1-3-5-7-9-11-13-15-17-19-20-37-41-44-48-52-56-60-64-68-74(79)73(72-78)77-75(80)69-65-61-57-53-49-45-42-38-35-33-31-29-27-25-23-21-22-24-26-28-30-32-34-36-39-43-47-51-55-59-63-67-71-82-76(81)70-66-62-58-54-50-46-40-18-16-14-12-10-8-6-4-2/h73-74,78-79H,3-72H2,1-2H3,(H,77,80). The predicted molar refractivity (Wildman–Crippen MR) is 361 cm³/mol. The van der Waals surface area contributed by atoms with Gasteiger partial charge in [-0.1, -0.05) is 412 Å². The second kappa shape index (κ2) is 72.3. The Labute approximate surface area is 515 Å². The molecule has 0 aliphatic carbocycles. The van der Waals surface area contributed by atoms with Crippen LogP contribution in [-0.2, 0) is 14.3 Å². The minimum atomic E-state index is -0.660. The van der Waals surface area contributed by atoms with Gasteiger partial charge in [0, 0.05) is 12.8 Å². The van der Waals surface area contributed by atoms with Crippen LogP contribution < -0.4 is 5.32 Å². The average molecular weight is 1160 g/mol. The van der Waals surface area contributed by atoms with Gasteiger partial charge in [-0.05, 0) is 25.7 Å². The van der Waals surface area contributed by atoms with Gasteiger partial charge in [-0.3, -0.25) is 9.59 Å². The van der Waals surface area contributed by atoms with E-state index in [0.29, 0.717) is 25.9 Å². The number of amides is 1. The number of esters is 1. The van der Waals surface area contributed by atoms with Gasteiger partial charge in [-0.25, -0.2) is 0 Å². The van der Waals surface area contributed by atoms with Crippen molar-refractivity contribution in [2.45, 2.75) is 463 Å². The highest BCUT2D eigenvalue weighted by molar-refractivity contribution is 5.76. The van der Waals surface area contributed by atoms with Crippen molar-refractivity contribution >= 4 is 11.9 Å². The van der Waals surface area contributed by atoms with Crippen LogP contribution in [0.3, 0.4) is 0 Å². The first kappa shape index (κ1) is 80.9. The average Bonchev–Trinajstić information content (AvgIpc) is 3.48. The lowest BCUT2D eigenvalue weighted by Gasteiger charge is -2.22. The molecule has 490 valence electrons. The molecule has 0 radical (unpaired) electrons. The minimum absolute atomic E-state index is 0.0253. The Balaban J connectivity index is 3.30. The van der Waals surface area contributed by atoms with E-state index in [0.717, 1.165) is 38.5 Å². The molecule has 0 heterocycles. The number of ether oxygens (including phenoxy) is 1. The van der Waals surface area contributed by atoms with Crippen LogP contribution in [0.4, 0.5) is 0 Å². The molecule has 6 heteroatoms. The molecule has 0 aromatic carbocycles. The minimum Gasteiger partial charge on any atom is -0.466 e. The van der Waals surface area contributed by atoms with Crippen LogP contribution in [0.15, 0.2) is 0 Å². The molecule has 0 aliphatic rings. The van der Waals surface area contributed by atoms with Crippen molar-refractivity contribution in [3.8, 4) is 0 Å². The zero-order valence-electron chi connectivity index (χ0n) is 56.3. The number of unbranched alkanes of at least 4 members (excludes halogenated alkanes) is 62. The van der Waals surface area contributed by atoms with Crippen LogP contribution in [-0.4, -0.2) is 47.4 Å². The smallest absolute Gasteiger partial charge is 0.305 e. The molecule has 0 aromatic heterocycles. The first-order valence-electron chi connectivity index (χ1n) is 38.3. The number of hydrogen-bond acceptors (Lipinski definition) is 5. The van der Waals surface area contributed by atoms with Crippen molar-refractivity contribution in [2.75, 3.05) is 13.2 Å². The van der Waals surface area contributed by atoms with Crippen molar-refractivity contribution in [2.24, 2.45) is 0 Å². The number of aliphatic hydroxyl groups excluding tert-OH is 2. The summed E-state index contributed by atoms with van der Waals surface area (Å²) >= 11 is 0. The Bertz CT molecular complexity index is 1200. The summed E-state index contributed by atoms with van der Waals surface area (Å²) in [6.45, 7) is 5.01. The molecule has 6 nitrogen and oxygen atoms in total. The summed E-state index contributed by atoms with van der Waals surface area (Å²) in [5, 5.41) is 23.4. The fourth-order valence-corrected chi connectivity index (χ4v) is 12.6. The quantitative estimate of drug-likeness (QED) is 0.0417. The molecule has 0 aliphatic heterocycles. The highest BCUT2D eigenvalue weighted by Gasteiger charge is 2.20. The third-order valence-electron chi connectivity index (χ3n) is 18.4. The molecule has 3 N–H and O–H groups in total. The monoisotopic (exact) mass is 1160 g/mol. The third kappa shape index (κ3) is 68.0. The van der Waals surface area contributed by atoms with E-state index in [1.54, 1.807) is 0 Å². The Morgan fingerprint density at radius 1 is 0.293 bits per heavy atom. The molecule has 82 heavy (non-hydrogen) atoms. The van der Waals surface area contributed by atoms with Crippen LogP contribution in [0, 0.1) is 0 Å². The predicted octanol–water partition coefficient (Wildman–Crippen LogP) is 24.9. The first-order chi connectivity index (χ1) is 40.5. The summed E-state index contributed by atoms with van der Waals surface area (Å²) in [5.74, 6) is 0.000261. The van der Waals surface area contributed by atoms with Gasteiger partial charge in [-0.2, -0.15) is 0 Å². The molecule has 0 bridgehead atoms. The van der Waals surface area contributed by atoms with E-state index in [1.165, 1.54) is 379 Å². The fraction of sp³-hybridized carbons (Fsp3) is 0.974. The molecule has 0 rings (SSSR count). The lowest BCUT2D eigenvalue weighted by molar-refractivity contribution is -0.143. The van der Waals surface area contributed by atoms with E-state index in [4.69, 9.17) is 4.74 Å². The number of hydrogen-bond donors (Lipinski definition) is 3. The molecular weight excluding hydrogens is 1010 g/mol. The van der Waals surface area contributed by atoms with Crippen LogP contribution in [0.5, 0.6) is 0 Å². The van der Waals surface area contributed by atoms with Crippen LogP contribution in [0.25, 0.3) is 0 Å². The highest BCUT2D eigenvalue weighted by Crippen LogP contribution is 2.20. The summed E-state index contributed by atoms with van der Waals surface area (Å²) in [6.07, 6.45) is 89.0. The number of carbonyl (C=O) groups excluding carboxylic acids is 2. The molecule has 1 amide bonds. The molecule has 2 atom stereocenters. The summed E-state index contributed by atoms with van der Waals surface area (Å²) in [6, 6.07) is -0.537. The van der Waals surface area contributed by atoms with Crippen molar-refractivity contribution in [3.63, 3.8) is 0 Å². The largest absolute Gasteiger partial charge is 0.466 e. The Morgan fingerprint density at radius 2 is 0.500 bits per heavy atom. The Morgan fingerprint density at radius 3 is 0.744 bits per heavy atom. The maximum atomic E-state index is 12.5. The first-order valence-corrected chi connectivity index (χ1v) is 38.3. The van der Waals surface area contributed by atoms with Crippen molar-refractivity contribution in [1.82, 2.24) is 5.32 Å². The van der Waals surface area contributed by atoms with Gasteiger partial charge in [0.1, 0.15) is 0 Å². The SMILES string of the molecule is CCCCCCCCCCCCCCCCCCCCC(O)C(CO)NC(=O)CCCCCCCCCCCCCCCCCCCCCCCCCCCCCCCCCCOC(=O)CCCCCCCCCCCCCCCCC. The maximum Gasteiger partial charge on any atom is 0.305 e. The topological polar surface area (TPSA) is 95.9 Å². The van der Waals surface area contributed by atoms with Crippen LogP contribution >= 0.6 is 0 Å². The molecule has 0 fully saturated rings. The Kier molecular flexibility index (Phi) is 71.3. The van der Waals surface area contributed by atoms with Crippen molar-refractivity contribution in [1.29, 1.82) is 0 Å². The lowest BCUT2D eigenvalue weighted by Crippen LogP contribution is -2.45. The second-order valence-electron chi connectivity index (χ2n) is 26.7. The second-order valence-corrected chi connectivity index (χ2v) is 26.7. The normalized spacial score (nSPS) is 12.4. The zero-order valence-corrected chi connectivity index (χ0v) is 56.3. The maximum absolute atomic E-state index is 12.5. The summed E-state index contributed by atoms with van der Waals surface area (Å²) < 4.78 is 5.51. The van der Waals surface area contributed by atoms with Crippen LogP contribution in [0.2, 0.25) is 0 Å². The van der Waals surface area contributed by atoms with Gasteiger partial charge in [0.15, 0.2) is 0 Å². The molecule has 0 aromatic rings. The van der Waals surface area contributed by atoms with E-state index in [2.05, 4.69) is 19.2 Å². The number of nitrogens with one attached hydrogen (secondary N) is 1. The molecule has 0 spiro atoms.